The number of amides is 1. The number of rotatable bonds is 6. The molecule has 1 aliphatic rings. The highest BCUT2D eigenvalue weighted by Crippen LogP contribution is 2.39. The van der Waals surface area contributed by atoms with Crippen LogP contribution in [0.15, 0.2) is 71.3 Å². The Morgan fingerprint density at radius 3 is 2.59 bits per heavy atom. The summed E-state index contributed by atoms with van der Waals surface area (Å²) in [4.78, 5) is 19.2. The maximum atomic E-state index is 13.8. The summed E-state index contributed by atoms with van der Waals surface area (Å²) in [6, 6.07) is 14.5. The second-order valence-corrected chi connectivity index (χ2v) is 7.75. The van der Waals surface area contributed by atoms with E-state index in [1.807, 2.05) is 0 Å². The van der Waals surface area contributed by atoms with E-state index in [1.54, 1.807) is 42.6 Å². The number of pyridine rings is 1. The number of aliphatic hydroxyl groups is 1. The molecule has 0 fully saturated rings. The molecule has 0 bridgehead atoms. The van der Waals surface area contributed by atoms with Gasteiger partial charge in [0.25, 0.3) is 11.8 Å². The van der Waals surface area contributed by atoms with Crippen LogP contribution in [0.25, 0.3) is 11.5 Å². The number of aliphatic hydroxyl groups excluding tert-OH is 1. The highest BCUT2D eigenvalue weighted by atomic mass is 19.3. The molecular weight excluding hydrogens is 449 g/mol. The quantitative estimate of drug-likeness (QED) is 0.445. The van der Waals surface area contributed by atoms with Gasteiger partial charge in [-0.25, -0.2) is 4.39 Å². The molecule has 0 spiro atoms. The molecule has 1 N–H and O–H groups in total. The average Bonchev–Trinajstić information content (AvgIpc) is 3.46. The van der Waals surface area contributed by atoms with Crippen LogP contribution in [0.3, 0.4) is 0 Å². The van der Waals surface area contributed by atoms with Crippen LogP contribution in [0.1, 0.15) is 51.6 Å². The van der Waals surface area contributed by atoms with Crippen LogP contribution in [-0.4, -0.2) is 31.1 Å². The lowest BCUT2D eigenvalue weighted by Gasteiger charge is -2.31. The van der Waals surface area contributed by atoms with Crippen molar-refractivity contribution in [1.29, 1.82) is 0 Å². The van der Waals surface area contributed by atoms with Crippen molar-refractivity contribution in [2.45, 2.75) is 25.1 Å². The molecule has 2 aromatic heterocycles. The van der Waals surface area contributed by atoms with Crippen molar-refractivity contribution >= 4 is 5.91 Å². The maximum absolute atomic E-state index is 13.8. The highest BCUT2D eigenvalue weighted by Gasteiger charge is 2.39. The fraction of sp³-hybridized carbons (Fsp3) is 0.167. The minimum atomic E-state index is -2.91. The Labute approximate surface area is 191 Å². The first-order valence-electron chi connectivity index (χ1n) is 10.3. The number of hydrogen-bond acceptors (Lipinski definition) is 6. The van der Waals surface area contributed by atoms with Gasteiger partial charge in [-0.3, -0.25) is 9.78 Å². The molecular formula is C24H17F3N4O3. The van der Waals surface area contributed by atoms with E-state index in [0.29, 0.717) is 27.9 Å². The molecule has 10 heteroatoms. The molecule has 0 aliphatic carbocycles. The molecule has 2 aromatic carbocycles. The molecule has 34 heavy (non-hydrogen) atoms. The van der Waals surface area contributed by atoms with Gasteiger partial charge in [-0.1, -0.05) is 24.3 Å². The van der Waals surface area contributed by atoms with Crippen LogP contribution < -0.4 is 0 Å². The smallest absolute Gasteiger partial charge is 0.314 e. The van der Waals surface area contributed by atoms with Crippen molar-refractivity contribution in [2.75, 3.05) is 0 Å². The SMILES string of the molecule is O=C1c2cc(-c3nnc(C(F)F)o3)ccc2CN1[C@@H](c1ccccn1)[C@@H](O)c1cccc(F)c1. The lowest BCUT2D eigenvalue weighted by atomic mass is 9.97. The maximum Gasteiger partial charge on any atom is 0.314 e. The molecule has 4 aromatic rings. The number of hydrogen-bond donors (Lipinski definition) is 1. The third kappa shape index (κ3) is 3.92. The Morgan fingerprint density at radius 1 is 1.03 bits per heavy atom. The van der Waals surface area contributed by atoms with E-state index < -0.39 is 36.2 Å². The van der Waals surface area contributed by atoms with Crippen molar-refractivity contribution in [3.63, 3.8) is 0 Å². The predicted octanol–water partition coefficient (Wildman–Crippen LogP) is 4.64. The van der Waals surface area contributed by atoms with Crippen molar-refractivity contribution in [3.05, 3.63) is 101 Å². The molecule has 1 amide bonds. The lowest BCUT2D eigenvalue weighted by Crippen LogP contribution is -2.34. The van der Waals surface area contributed by atoms with E-state index in [4.69, 9.17) is 4.42 Å². The Kier molecular flexibility index (Phi) is 5.58. The molecule has 2 atom stereocenters. The summed E-state index contributed by atoms with van der Waals surface area (Å²) in [5.41, 5.74) is 2.01. The van der Waals surface area contributed by atoms with Crippen molar-refractivity contribution in [3.8, 4) is 11.5 Å². The van der Waals surface area contributed by atoms with Gasteiger partial charge in [0.1, 0.15) is 18.0 Å². The Hall–Kier alpha value is -4.05. The van der Waals surface area contributed by atoms with E-state index in [0.717, 1.165) is 0 Å². The van der Waals surface area contributed by atoms with Crippen molar-refractivity contribution in [1.82, 2.24) is 20.1 Å². The third-order valence-electron chi connectivity index (χ3n) is 5.63. The van der Waals surface area contributed by atoms with Crippen molar-refractivity contribution < 1.29 is 27.5 Å². The number of carbonyl (C=O) groups is 1. The molecule has 1 aliphatic heterocycles. The van der Waals surface area contributed by atoms with Crippen LogP contribution in [0, 0.1) is 5.82 Å². The zero-order chi connectivity index (χ0) is 23.8. The van der Waals surface area contributed by atoms with Gasteiger partial charge in [-0.05, 0) is 47.5 Å². The average molecular weight is 466 g/mol. The molecule has 0 saturated carbocycles. The van der Waals surface area contributed by atoms with Gasteiger partial charge in [-0.15, -0.1) is 10.2 Å². The molecule has 7 nitrogen and oxygen atoms in total. The molecule has 3 heterocycles. The normalized spacial score (nSPS) is 15.0. The number of carbonyl (C=O) groups excluding carboxylic acids is 1. The monoisotopic (exact) mass is 466 g/mol. The zero-order valence-corrected chi connectivity index (χ0v) is 17.5. The second kappa shape index (κ2) is 8.71. The number of fused-ring (bicyclic) bond motifs is 1. The lowest BCUT2D eigenvalue weighted by molar-refractivity contribution is 0.0346. The third-order valence-corrected chi connectivity index (χ3v) is 5.63. The topological polar surface area (TPSA) is 92.4 Å². The summed E-state index contributed by atoms with van der Waals surface area (Å²) in [7, 11) is 0. The van der Waals surface area contributed by atoms with Gasteiger partial charge in [0.05, 0.1) is 5.69 Å². The summed E-state index contributed by atoms with van der Waals surface area (Å²) < 4.78 is 44.5. The van der Waals surface area contributed by atoms with E-state index in [9.17, 15) is 23.1 Å². The van der Waals surface area contributed by atoms with Gasteiger partial charge < -0.3 is 14.4 Å². The van der Waals surface area contributed by atoms with E-state index in [2.05, 4.69) is 15.2 Å². The summed E-state index contributed by atoms with van der Waals surface area (Å²) >= 11 is 0. The fourth-order valence-electron chi connectivity index (χ4n) is 4.04. The number of halogens is 3. The summed E-state index contributed by atoms with van der Waals surface area (Å²) in [5.74, 6) is -1.86. The van der Waals surface area contributed by atoms with Gasteiger partial charge in [-0.2, -0.15) is 8.78 Å². The van der Waals surface area contributed by atoms with Crippen LogP contribution in [0.4, 0.5) is 13.2 Å². The molecule has 0 saturated heterocycles. The highest BCUT2D eigenvalue weighted by molar-refractivity contribution is 5.99. The Balaban J connectivity index is 1.51. The number of alkyl halides is 2. The zero-order valence-electron chi connectivity index (χ0n) is 17.5. The molecule has 0 radical (unpaired) electrons. The fourth-order valence-corrected chi connectivity index (χ4v) is 4.04. The Morgan fingerprint density at radius 2 is 1.88 bits per heavy atom. The molecule has 0 unspecified atom stereocenters. The van der Waals surface area contributed by atoms with Crippen LogP contribution in [-0.2, 0) is 6.54 Å². The van der Waals surface area contributed by atoms with Crippen LogP contribution in [0.2, 0.25) is 0 Å². The summed E-state index contributed by atoms with van der Waals surface area (Å²) in [6.45, 7) is 0.161. The van der Waals surface area contributed by atoms with Gasteiger partial charge in [0.2, 0.25) is 5.89 Å². The first kappa shape index (κ1) is 21.8. The number of benzene rings is 2. The summed E-state index contributed by atoms with van der Waals surface area (Å²) in [5, 5.41) is 18.1. The first-order valence-corrected chi connectivity index (χ1v) is 10.3. The standard InChI is InChI=1S/C24H17F3N4O3/c25-16-5-3-4-13(10-16)20(32)19(18-6-1-2-9-28-18)31-12-15-8-7-14(11-17(15)24(31)33)22-29-30-23(34-22)21(26)27/h1-11,19-21,32H,12H2/t19-,20-/m0/s1. The predicted molar refractivity (Wildman–Crippen MR) is 113 cm³/mol. The van der Waals surface area contributed by atoms with Gasteiger partial charge in [0.15, 0.2) is 0 Å². The minimum Gasteiger partial charge on any atom is -0.415 e. The van der Waals surface area contributed by atoms with Gasteiger partial charge in [0, 0.05) is 23.9 Å². The first-order chi connectivity index (χ1) is 16.4. The van der Waals surface area contributed by atoms with E-state index in [-0.39, 0.29) is 12.4 Å². The van der Waals surface area contributed by atoms with Crippen molar-refractivity contribution in [2.24, 2.45) is 0 Å². The summed E-state index contributed by atoms with van der Waals surface area (Å²) in [6.07, 6.45) is -2.62. The second-order valence-electron chi connectivity index (χ2n) is 7.75. The number of nitrogens with zero attached hydrogens (tertiary/aromatic N) is 4. The minimum absolute atomic E-state index is 0.134. The Bertz CT molecular complexity index is 1350. The molecule has 172 valence electrons. The largest absolute Gasteiger partial charge is 0.415 e. The van der Waals surface area contributed by atoms with Crippen LogP contribution in [0.5, 0.6) is 0 Å². The van der Waals surface area contributed by atoms with E-state index >= 15 is 0 Å². The van der Waals surface area contributed by atoms with Gasteiger partial charge >= 0.3 is 6.43 Å². The van der Waals surface area contributed by atoms with E-state index in [1.165, 1.54) is 29.2 Å². The number of aromatic nitrogens is 3. The molecule has 5 rings (SSSR count). The van der Waals surface area contributed by atoms with Crippen LogP contribution >= 0.6 is 0 Å².